The Kier molecular flexibility index (Phi) is 5.92. The highest BCUT2D eigenvalue weighted by molar-refractivity contribution is 7.73. The molecule has 0 saturated heterocycles. The third-order valence-corrected chi connectivity index (χ3v) is 5.75. The number of rotatable bonds is 4. The van der Waals surface area contributed by atoms with Gasteiger partial charge >= 0.3 is 6.18 Å². The van der Waals surface area contributed by atoms with E-state index in [1.54, 1.807) is 4.57 Å². The van der Waals surface area contributed by atoms with Crippen LogP contribution in [0.15, 0.2) is 53.5 Å². The molecule has 0 aliphatic heterocycles. The maximum Gasteiger partial charge on any atom is 0.416 e. The summed E-state index contributed by atoms with van der Waals surface area (Å²) in [5.74, 6) is -0.0989. The van der Waals surface area contributed by atoms with E-state index in [0.717, 1.165) is 35.1 Å². The molecule has 1 N–H and O–H groups in total. The SMILES string of the molecule is CC(c1ccccc1)n1c(O)c(C=Nc2cc(C(F)(F)F)ccc2Cl)sc1=S. The summed E-state index contributed by atoms with van der Waals surface area (Å²) in [6.45, 7) is 1.89. The van der Waals surface area contributed by atoms with Crippen molar-refractivity contribution in [2.75, 3.05) is 0 Å². The van der Waals surface area contributed by atoms with Crippen LogP contribution in [0.5, 0.6) is 5.88 Å². The molecule has 0 fully saturated rings. The van der Waals surface area contributed by atoms with Crippen LogP contribution in [0.4, 0.5) is 18.9 Å². The summed E-state index contributed by atoms with van der Waals surface area (Å²) < 4.78 is 40.6. The first-order valence-electron chi connectivity index (χ1n) is 8.08. The molecule has 1 heterocycles. The summed E-state index contributed by atoms with van der Waals surface area (Å²) in [5, 5.41) is 10.6. The Morgan fingerprint density at radius 1 is 1.21 bits per heavy atom. The van der Waals surface area contributed by atoms with Gasteiger partial charge in [-0.2, -0.15) is 13.2 Å². The van der Waals surface area contributed by atoms with E-state index in [0.29, 0.717) is 8.83 Å². The summed E-state index contributed by atoms with van der Waals surface area (Å²) in [7, 11) is 0. The predicted octanol–water partition coefficient (Wildman–Crippen LogP) is 7.02. The molecule has 0 amide bonds. The lowest BCUT2D eigenvalue weighted by Gasteiger charge is -2.14. The van der Waals surface area contributed by atoms with Crippen LogP contribution in [0.2, 0.25) is 5.02 Å². The normalized spacial score (nSPS) is 13.2. The van der Waals surface area contributed by atoms with Gasteiger partial charge in [0.05, 0.1) is 28.5 Å². The Morgan fingerprint density at radius 3 is 2.54 bits per heavy atom. The minimum Gasteiger partial charge on any atom is -0.493 e. The third-order valence-electron chi connectivity index (χ3n) is 4.11. The number of aromatic hydroxyl groups is 1. The van der Waals surface area contributed by atoms with Gasteiger partial charge in [0.2, 0.25) is 5.88 Å². The number of hydrogen-bond acceptors (Lipinski definition) is 4. The highest BCUT2D eigenvalue weighted by Gasteiger charge is 2.31. The predicted molar refractivity (Wildman–Crippen MR) is 109 cm³/mol. The molecule has 1 aromatic heterocycles. The van der Waals surface area contributed by atoms with E-state index in [9.17, 15) is 18.3 Å². The number of nitrogens with zero attached hydrogens (tertiary/aromatic N) is 2. The first-order valence-corrected chi connectivity index (χ1v) is 9.69. The second kappa shape index (κ2) is 8.06. The Bertz CT molecular complexity index is 1080. The molecule has 9 heteroatoms. The number of aliphatic imine (C=N–C) groups is 1. The lowest BCUT2D eigenvalue weighted by atomic mass is 10.1. The molecule has 1 atom stereocenters. The molecule has 2 aromatic carbocycles. The van der Waals surface area contributed by atoms with Crippen molar-refractivity contribution in [1.29, 1.82) is 0 Å². The first kappa shape index (κ1) is 20.6. The van der Waals surface area contributed by atoms with E-state index in [1.807, 2.05) is 37.3 Å². The maximum absolute atomic E-state index is 12.9. The average molecular weight is 443 g/mol. The van der Waals surface area contributed by atoms with Crippen molar-refractivity contribution in [3.05, 3.63) is 73.5 Å². The quantitative estimate of drug-likeness (QED) is 0.348. The summed E-state index contributed by atoms with van der Waals surface area (Å²) >= 11 is 12.4. The van der Waals surface area contributed by atoms with Gasteiger partial charge in [0.1, 0.15) is 4.88 Å². The lowest BCUT2D eigenvalue weighted by molar-refractivity contribution is -0.137. The van der Waals surface area contributed by atoms with E-state index >= 15 is 0 Å². The van der Waals surface area contributed by atoms with E-state index in [1.165, 1.54) is 6.21 Å². The summed E-state index contributed by atoms with van der Waals surface area (Å²) in [4.78, 5) is 4.37. The maximum atomic E-state index is 12.9. The molecule has 1 unspecified atom stereocenters. The van der Waals surface area contributed by atoms with Crippen LogP contribution in [-0.2, 0) is 6.18 Å². The van der Waals surface area contributed by atoms with Crippen molar-refractivity contribution in [2.45, 2.75) is 19.1 Å². The van der Waals surface area contributed by atoms with Crippen LogP contribution in [0.1, 0.15) is 29.0 Å². The van der Waals surface area contributed by atoms with Crippen LogP contribution in [0.3, 0.4) is 0 Å². The Hall–Kier alpha value is -2.16. The van der Waals surface area contributed by atoms with E-state index in [2.05, 4.69) is 4.99 Å². The Balaban J connectivity index is 1.96. The van der Waals surface area contributed by atoms with Gasteiger partial charge < -0.3 is 5.11 Å². The van der Waals surface area contributed by atoms with E-state index in [-0.39, 0.29) is 22.6 Å². The molecule has 3 nitrogen and oxygen atoms in total. The molecule has 3 aromatic rings. The molecule has 146 valence electrons. The first-order chi connectivity index (χ1) is 13.2. The second-order valence-electron chi connectivity index (χ2n) is 5.93. The monoisotopic (exact) mass is 442 g/mol. The largest absolute Gasteiger partial charge is 0.493 e. The van der Waals surface area contributed by atoms with Crippen LogP contribution < -0.4 is 0 Å². The molecule has 0 radical (unpaired) electrons. The van der Waals surface area contributed by atoms with Crippen LogP contribution in [0.25, 0.3) is 0 Å². The number of alkyl halides is 3. The van der Waals surface area contributed by atoms with Gasteiger partial charge in [-0.1, -0.05) is 53.3 Å². The molecule has 0 spiro atoms. The van der Waals surface area contributed by atoms with Crippen molar-refractivity contribution in [2.24, 2.45) is 4.99 Å². The fraction of sp³-hybridized carbons (Fsp3) is 0.158. The Morgan fingerprint density at radius 2 is 1.89 bits per heavy atom. The van der Waals surface area contributed by atoms with E-state index in [4.69, 9.17) is 23.8 Å². The zero-order valence-electron chi connectivity index (χ0n) is 14.4. The second-order valence-corrected chi connectivity index (χ2v) is 8.02. The number of hydrogen-bond donors (Lipinski definition) is 1. The third kappa shape index (κ3) is 4.29. The zero-order chi connectivity index (χ0) is 20.5. The summed E-state index contributed by atoms with van der Waals surface area (Å²) in [6.07, 6.45) is -3.23. The Labute approximate surface area is 173 Å². The van der Waals surface area contributed by atoms with Gasteiger partial charge in [0, 0.05) is 0 Å². The minimum atomic E-state index is -4.50. The number of aromatic nitrogens is 1. The topological polar surface area (TPSA) is 37.5 Å². The van der Waals surface area contributed by atoms with Gasteiger partial charge in [-0.25, -0.2) is 0 Å². The fourth-order valence-electron chi connectivity index (χ4n) is 2.62. The van der Waals surface area contributed by atoms with Crippen LogP contribution in [0, 0.1) is 3.95 Å². The molecule has 28 heavy (non-hydrogen) atoms. The highest BCUT2D eigenvalue weighted by Crippen LogP contribution is 2.36. The summed E-state index contributed by atoms with van der Waals surface area (Å²) in [5.41, 5.74) is 0.0603. The minimum absolute atomic E-state index is 0.0436. The molecule has 0 bridgehead atoms. The van der Waals surface area contributed by atoms with Gasteiger partial charge in [-0.05, 0) is 42.9 Å². The van der Waals surface area contributed by atoms with Crippen molar-refractivity contribution < 1.29 is 18.3 Å². The lowest BCUT2D eigenvalue weighted by Crippen LogP contribution is -2.06. The number of thiazole rings is 1. The zero-order valence-corrected chi connectivity index (χ0v) is 16.8. The van der Waals surface area contributed by atoms with Gasteiger partial charge in [0.15, 0.2) is 3.95 Å². The number of halogens is 4. The van der Waals surface area contributed by atoms with Crippen molar-refractivity contribution in [3.63, 3.8) is 0 Å². The van der Waals surface area contributed by atoms with Crippen LogP contribution in [-0.4, -0.2) is 15.9 Å². The number of benzene rings is 2. The average Bonchev–Trinajstić information content (AvgIpc) is 2.93. The van der Waals surface area contributed by atoms with Crippen molar-refractivity contribution in [3.8, 4) is 5.88 Å². The van der Waals surface area contributed by atoms with Crippen LogP contribution >= 0.6 is 35.2 Å². The highest BCUT2D eigenvalue weighted by atomic mass is 35.5. The smallest absolute Gasteiger partial charge is 0.416 e. The molecule has 0 aliphatic rings. The van der Waals surface area contributed by atoms with Gasteiger partial charge in [0.25, 0.3) is 0 Å². The molecular formula is C19H14ClF3N2OS2. The molecule has 0 saturated carbocycles. The molecule has 0 aliphatic carbocycles. The molecular weight excluding hydrogens is 429 g/mol. The van der Waals surface area contributed by atoms with Gasteiger partial charge in [-0.3, -0.25) is 9.56 Å². The molecule has 3 rings (SSSR count). The van der Waals surface area contributed by atoms with E-state index < -0.39 is 11.7 Å². The fourth-order valence-corrected chi connectivity index (χ4v) is 4.12. The van der Waals surface area contributed by atoms with Crippen molar-refractivity contribution >= 4 is 47.1 Å². The summed E-state index contributed by atoms with van der Waals surface area (Å²) in [6, 6.07) is 12.2. The van der Waals surface area contributed by atoms with Gasteiger partial charge in [-0.15, -0.1) is 0 Å². The van der Waals surface area contributed by atoms with Crippen molar-refractivity contribution in [1.82, 2.24) is 4.57 Å². The standard InChI is InChI=1S/C19H14ClF3N2OS2/c1-11(12-5-3-2-4-6-12)25-17(26)16(28-18(25)27)10-24-15-9-13(19(21,22)23)7-8-14(15)20/h2-11,26H,1H3.